The third kappa shape index (κ3) is 3.27. The van der Waals surface area contributed by atoms with Crippen LogP contribution in [-0.4, -0.2) is 29.0 Å². The third-order valence-electron chi connectivity index (χ3n) is 4.00. The first-order valence-electron chi connectivity index (χ1n) is 7.44. The lowest BCUT2D eigenvalue weighted by atomic mass is 9.78. The standard InChI is InChI=1S/C16H20N4O2/c1-11(21)19-13-6-12(7-13)15-8-16(18-10-17-15)20(2)9-14-4-3-5-22-14/h3-5,8,10,12-13H,6-7,9H2,1-2H3,(H,19,21). The summed E-state index contributed by atoms with van der Waals surface area (Å²) in [7, 11) is 1.98. The fraction of sp³-hybridized carbons (Fsp3) is 0.438. The molecule has 0 aliphatic heterocycles. The van der Waals surface area contributed by atoms with E-state index in [-0.39, 0.29) is 11.9 Å². The van der Waals surface area contributed by atoms with Gasteiger partial charge in [0.05, 0.1) is 12.8 Å². The SMILES string of the molecule is CC(=O)NC1CC(c2cc(N(C)Cc3ccco3)ncn2)C1. The molecule has 116 valence electrons. The zero-order chi connectivity index (χ0) is 15.5. The van der Waals surface area contributed by atoms with Crippen molar-refractivity contribution in [1.82, 2.24) is 15.3 Å². The zero-order valence-corrected chi connectivity index (χ0v) is 12.8. The number of anilines is 1. The largest absolute Gasteiger partial charge is 0.467 e. The molecule has 1 aliphatic rings. The second kappa shape index (κ2) is 6.17. The average molecular weight is 300 g/mol. The highest BCUT2D eigenvalue weighted by atomic mass is 16.3. The molecule has 0 spiro atoms. The van der Waals surface area contributed by atoms with Crippen molar-refractivity contribution in [1.29, 1.82) is 0 Å². The summed E-state index contributed by atoms with van der Waals surface area (Å²) in [6, 6.07) is 6.13. The van der Waals surface area contributed by atoms with E-state index in [1.807, 2.05) is 30.1 Å². The fourth-order valence-corrected chi connectivity index (χ4v) is 2.78. The zero-order valence-electron chi connectivity index (χ0n) is 12.8. The summed E-state index contributed by atoms with van der Waals surface area (Å²) >= 11 is 0. The molecule has 3 rings (SSSR count). The van der Waals surface area contributed by atoms with Crippen molar-refractivity contribution in [2.24, 2.45) is 0 Å². The smallest absolute Gasteiger partial charge is 0.217 e. The fourth-order valence-electron chi connectivity index (χ4n) is 2.78. The molecule has 6 heteroatoms. The van der Waals surface area contributed by atoms with Gasteiger partial charge in [-0.1, -0.05) is 0 Å². The average Bonchev–Trinajstić information content (AvgIpc) is 2.95. The Hall–Kier alpha value is -2.37. The van der Waals surface area contributed by atoms with Crippen molar-refractivity contribution >= 4 is 11.7 Å². The first kappa shape index (κ1) is 14.6. The maximum Gasteiger partial charge on any atom is 0.217 e. The lowest BCUT2D eigenvalue weighted by Crippen LogP contribution is -2.42. The Morgan fingerprint density at radius 2 is 2.27 bits per heavy atom. The Kier molecular flexibility index (Phi) is 4.09. The molecule has 2 heterocycles. The van der Waals surface area contributed by atoms with Crippen LogP contribution in [0.4, 0.5) is 5.82 Å². The topological polar surface area (TPSA) is 71.3 Å². The van der Waals surface area contributed by atoms with Gasteiger partial charge >= 0.3 is 0 Å². The van der Waals surface area contributed by atoms with Crippen LogP contribution in [0.1, 0.15) is 37.1 Å². The maximum absolute atomic E-state index is 11.0. The van der Waals surface area contributed by atoms with E-state index in [1.54, 1.807) is 19.5 Å². The second-order valence-electron chi connectivity index (χ2n) is 5.80. The summed E-state index contributed by atoms with van der Waals surface area (Å²) in [5.74, 6) is 2.21. The molecule has 2 aromatic rings. The van der Waals surface area contributed by atoms with E-state index in [1.165, 1.54) is 0 Å². The van der Waals surface area contributed by atoms with Gasteiger partial charge in [-0.2, -0.15) is 0 Å². The van der Waals surface area contributed by atoms with Crippen molar-refractivity contribution in [3.05, 3.63) is 42.2 Å². The number of carbonyl (C=O) groups excluding carboxylic acids is 1. The van der Waals surface area contributed by atoms with Gasteiger partial charge in [-0.3, -0.25) is 4.79 Å². The minimum atomic E-state index is 0.0324. The lowest BCUT2D eigenvalue weighted by molar-refractivity contribution is -0.120. The van der Waals surface area contributed by atoms with Crippen LogP contribution in [-0.2, 0) is 11.3 Å². The van der Waals surface area contributed by atoms with E-state index in [4.69, 9.17) is 4.42 Å². The number of hydrogen-bond acceptors (Lipinski definition) is 5. The van der Waals surface area contributed by atoms with Gasteiger partial charge in [0, 0.05) is 37.7 Å². The van der Waals surface area contributed by atoms with E-state index in [9.17, 15) is 4.79 Å². The van der Waals surface area contributed by atoms with Crippen molar-refractivity contribution in [2.45, 2.75) is 38.3 Å². The monoisotopic (exact) mass is 300 g/mol. The van der Waals surface area contributed by atoms with Gasteiger partial charge in [0.25, 0.3) is 0 Å². The molecule has 0 saturated heterocycles. The highest BCUT2D eigenvalue weighted by Crippen LogP contribution is 2.36. The summed E-state index contributed by atoms with van der Waals surface area (Å²) in [6.07, 6.45) is 5.16. The predicted octanol–water partition coefficient (Wildman–Crippen LogP) is 2.09. The first-order chi connectivity index (χ1) is 10.6. The predicted molar refractivity (Wildman–Crippen MR) is 82.4 cm³/mol. The van der Waals surface area contributed by atoms with Crippen molar-refractivity contribution < 1.29 is 9.21 Å². The molecule has 0 unspecified atom stereocenters. The normalized spacial score (nSPS) is 20.3. The minimum absolute atomic E-state index is 0.0324. The maximum atomic E-state index is 11.0. The number of furan rings is 1. The van der Waals surface area contributed by atoms with Gasteiger partial charge in [-0.05, 0) is 25.0 Å². The van der Waals surface area contributed by atoms with Crippen LogP contribution in [0.25, 0.3) is 0 Å². The van der Waals surface area contributed by atoms with Crippen LogP contribution in [0.2, 0.25) is 0 Å². The molecular weight excluding hydrogens is 280 g/mol. The summed E-state index contributed by atoms with van der Waals surface area (Å²) < 4.78 is 5.36. The molecule has 1 aliphatic carbocycles. The van der Waals surface area contributed by atoms with Gasteiger partial charge in [-0.15, -0.1) is 0 Å². The molecule has 1 saturated carbocycles. The first-order valence-corrected chi connectivity index (χ1v) is 7.44. The van der Waals surface area contributed by atoms with Gasteiger partial charge in [0.1, 0.15) is 17.9 Å². The molecule has 0 aromatic carbocycles. The Balaban J connectivity index is 1.62. The van der Waals surface area contributed by atoms with Crippen molar-refractivity contribution in [3.63, 3.8) is 0 Å². The van der Waals surface area contributed by atoms with Crippen molar-refractivity contribution in [2.75, 3.05) is 11.9 Å². The quantitative estimate of drug-likeness (QED) is 0.915. The molecule has 0 radical (unpaired) electrons. The van der Waals surface area contributed by atoms with E-state index in [0.29, 0.717) is 12.5 Å². The second-order valence-corrected chi connectivity index (χ2v) is 5.80. The number of nitrogens with zero attached hydrogens (tertiary/aromatic N) is 3. The van der Waals surface area contributed by atoms with Crippen LogP contribution in [0.3, 0.4) is 0 Å². The van der Waals surface area contributed by atoms with Crippen molar-refractivity contribution in [3.8, 4) is 0 Å². The highest BCUT2D eigenvalue weighted by Gasteiger charge is 2.32. The summed E-state index contributed by atoms with van der Waals surface area (Å²) in [4.78, 5) is 21.8. The Labute approximate surface area is 129 Å². The lowest BCUT2D eigenvalue weighted by Gasteiger charge is -2.35. The van der Waals surface area contributed by atoms with Gasteiger partial charge in [0.15, 0.2) is 0 Å². The summed E-state index contributed by atoms with van der Waals surface area (Å²) in [5, 5.41) is 2.94. The van der Waals surface area contributed by atoms with Crippen LogP contribution < -0.4 is 10.2 Å². The molecule has 1 amide bonds. The summed E-state index contributed by atoms with van der Waals surface area (Å²) in [6.45, 7) is 2.22. The van der Waals surface area contributed by atoms with E-state index in [2.05, 4.69) is 15.3 Å². The number of aromatic nitrogens is 2. The number of carbonyl (C=O) groups is 1. The molecule has 1 N–H and O–H groups in total. The van der Waals surface area contributed by atoms with Gasteiger partial charge in [0.2, 0.25) is 5.91 Å². The molecule has 6 nitrogen and oxygen atoms in total. The van der Waals surface area contributed by atoms with Crippen LogP contribution in [0, 0.1) is 0 Å². The van der Waals surface area contributed by atoms with Crippen LogP contribution in [0.5, 0.6) is 0 Å². The van der Waals surface area contributed by atoms with Gasteiger partial charge in [-0.25, -0.2) is 9.97 Å². The van der Waals surface area contributed by atoms with E-state index < -0.39 is 0 Å². The Bertz CT molecular complexity index is 635. The summed E-state index contributed by atoms with van der Waals surface area (Å²) in [5.41, 5.74) is 1.04. The molecule has 1 fully saturated rings. The molecule has 0 bridgehead atoms. The van der Waals surface area contributed by atoms with Crippen LogP contribution in [0.15, 0.2) is 35.2 Å². The molecule has 0 atom stereocenters. The molecule has 2 aromatic heterocycles. The number of hydrogen-bond donors (Lipinski definition) is 1. The van der Waals surface area contributed by atoms with Gasteiger partial charge < -0.3 is 14.6 Å². The van der Waals surface area contributed by atoms with E-state index in [0.717, 1.165) is 30.1 Å². The minimum Gasteiger partial charge on any atom is -0.467 e. The number of rotatable bonds is 5. The molecular formula is C16H20N4O2. The van der Waals surface area contributed by atoms with E-state index >= 15 is 0 Å². The molecule has 22 heavy (non-hydrogen) atoms. The Morgan fingerprint density at radius 1 is 1.45 bits per heavy atom. The number of amides is 1. The highest BCUT2D eigenvalue weighted by molar-refractivity contribution is 5.73. The van der Waals surface area contributed by atoms with Crippen LogP contribution >= 0.6 is 0 Å². The Morgan fingerprint density at radius 3 is 2.95 bits per heavy atom. The number of nitrogens with one attached hydrogen (secondary N) is 1. The third-order valence-corrected chi connectivity index (χ3v) is 4.00.